The summed E-state index contributed by atoms with van der Waals surface area (Å²) in [6.45, 7) is 1.08. The zero-order valence-corrected chi connectivity index (χ0v) is 12.8. The maximum atomic E-state index is 10.8. The Morgan fingerprint density at radius 3 is 3.14 bits per heavy atom. The molecule has 3 rings (SSSR count). The zero-order chi connectivity index (χ0) is 14.7. The Bertz CT molecular complexity index is 616. The number of nitrogens with zero attached hydrogens (tertiary/aromatic N) is 2. The molecule has 1 aliphatic rings. The second-order valence-electron chi connectivity index (χ2n) is 5.30. The molecular weight excluding hydrogens is 286 g/mol. The van der Waals surface area contributed by atoms with Crippen LogP contribution in [0.1, 0.15) is 23.4 Å². The number of rotatable bonds is 6. The van der Waals surface area contributed by atoms with Gasteiger partial charge >= 0.3 is 0 Å². The van der Waals surface area contributed by atoms with Gasteiger partial charge in [0, 0.05) is 25.1 Å². The summed E-state index contributed by atoms with van der Waals surface area (Å²) >= 11 is 1.32. The average Bonchev–Trinajstić information content (AvgIpc) is 3.09. The first-order valence-electron chi connectivity index (χ1n) is 7.07. The van der Waals surface area contributed by atoms with Crippen LogP contribution in [0.2, 0.25) is 0 Å². The summed E-state index contributed by atoms with van der Waals surface area (Å²) in [5, 5.41) is 14.8. The molecule has 2 N–H and O–H groups in total. The lowest BCUT2D eigenvalue weighted by molar-refractivity contribution is 0.0527. The fourth-order valence-corrected chi connectivity index (χ4v) is 3.30. The largest absolute Gasteiger partial charge is 0.384 e. The highest BCUT2D eigenvalue weighted by molar-refractivity contribution is 7.09. The Morgan fingerprint density at radius 1 is 1.43 bits per heavy atom. The van der Waals surface area contributed by atoms with Crippen molar-refractivity contribution in [1.29, 1.82) is 0 Å². The van der Waals surface area contributed by atoms with E-state index in [1.54, 1.807) is 7.11 Å². The number of hydrogen-bond acceptors (Lipinski definition) is 6. The summed E-state index contributed by atoms with van der Waals surface area (Å²) < 4.78 is 9.29. The van der Waals surface area contributed by atoms with E-state index in [0.29, 0.717) is 19.6 Å². The molecule has 1 heterocycles. The highest BCUT2D eigenvalue weighted by atomic mass is 32.1. The molecule has 112 valence electrons. The van der Waals surface area contributed by atoms with E-state index in [2.05, 4.69) is 20.7 Å². The normalized spacial score (nSPS) is 20.5. The van der Waals surface area contributed by atoms with E-state index in [0.717, 1.165) is 29.4 Å². The van der Waals surface area contributed by atoms with Gasteiger partial charge in [0.1, 0.15) is 11.4 Å². The minimum Gasteiger partial charge on any atom is -0.384 e. The number of aryl methyl sites for hydroxylation is 1. The number of benzene rings is 1. The van der Waals surface area contributed by atoms with Crippen molar-refractivity contribution in [3.05, 3.63) is 41.2 Å². The molecule has 5 nitrogen and oxygen atoms in total. The Labute approximate surface area is 128 Å². The predicted molar refractivity (Wildman–Crippen MR) is 82.6 cm³/mol. The van der Waals surface area contributed by atoms with E-state index in [9.17, 15) is 5.11 Å². The fraction of sp³-hybridized carbons (Fsp3) is 0.467. The van der Waals surface area contributed by atoms with Crippen LogP contribution in [0.4, 0.5) is 5.13 Å². The second kappa shape index (κ2) is 6.09. The van der Waals surface area contributed by atoms with Gasteiger partial charge in [0.2, 0.25) is 5.13 Å². The lowest BCUT2D eigenvalue weighted by atomic mass is 9.96. The molecule has 0 aliphatic heterocycles. The smallest absolute Gasteiger partial charge is 0.202 e. The molecule has 0 radical (unpaired) electrons. The quantitative estimate of drug-likeness (QED) is 0.854. The highest BCUT2D eigenvalue weighted by Gasteiger charge is 2.36. The third-order valence-electron chi connectivity index (χ3n) is 3.86. The minimum atomic E-state index is -0.811. The van der Waals surface area contributed by atoms with Crippen LogP contribution in [0, 0.1) is 0 Å². The Balaban J connectivity index is 1.64. The van der Waals surface area contributed by atoms with Crippen LogP contribution in [-0.2, 0) is 23.2 Å². The third-order valence-corrected chi connectivity index (χ3v) is 4.57. The van der Waals surface area contributed by atoms with Gasteiger partial charge in [-0.3, -0.25) is 0 Å². The summed E-state index contributed by atoms with van der Waals surface area (Å²) in [6.07, 6.45) is 2.38. The zero-order valence-electron chi connectivity index (χ0n) is 12.0. The lowest BCUT2D eigenvalue weighted by Crippen LogP contribution is -2.31. The van der Waals surface area contributed by atoms with Crippen LogP contribution in [-0.4, -0.2) is 34.7 Å². The first-order valence-corrected chi connectivity index (χ1v) is 7.85. The Morgan fingerprint density at radius 2 is 2.29 bits per heavy atom. The molecule has 1 aromatic heterocycles. The first kappa shape index (κ1) is 14.4. The van der Waals surface area contributed by atoms with Crippen molar-refractivity contribution in [1.82, 2.24) is 9.36 Å². The van der Waals surface area contributed by atoms with Gasteiger partial charge in [-0.25, -0.2) is 4.98 Å². The number of methoxy groups -OCH3 is 1. The maximum absolute atomic E-state index is 10.8. The van der Waals surface area contributed by atoms with E-state index < -0.39 is 5.60 Å². The molecule has 0 amide bonds. The van der Waals surface area contributed by atoms with Gasteiger partial charge in [-0.2, -0.15) is 4.37 Å². The molecule has 1 aromatic carbocycles. The third kappa shape index (κ3) is 3.07. The van der Waals surface area contributed by atoms with Crippen molar-refractivity contribution < 1.29 is 9.84 Å². The van der Waals surface area contributed by atoms with E-state index in [1.807, 2.05) is 18.2 Å². The van der Waals surface area contributed by atoms with Gasteiger partial charge in [0.15, 0.2) is 0 Å². The topological polar surface area (TPSA) is 67.3 Å². The molecule has 0 saturated carbocycles. The number of aliphatic hydroxyl groups is 1. The van der Waals surface area contributed by atoms with Gasteiger partial charge in [-0.15, -0.1) is 0 Å². The summed E-state index contributed by atoms with van der Waals surface area (Å²) in [4.78, 5) is 4.40. The SMILES string of the molecule is COCCc1nsc(NCC2(O)CCc3ccccc32)n1. The van der Waals surface area contributed by atoms with Crippen molar-refractivity contribution >= 4 is 16.7 Å². The van der Waals surface area contributed by atoms with Crippen molar-refractivity contribution in [3.8, 4) is 0 Å². The van der Waals surface area contributed by atoms with Crippen molar-refractivity contribution in [2.75, 3.05) is 25.6 Å². The first-order chi connectivity index (χ1) is 10.2. The molecule has 6 heteroatoms. The van der Waals surface area contributed by atoms with Gasteiger partial charge < -0.3 is 15.2 Å². The van der Waals surface area contributed by atoms with Crippen LogP contribution in [0.5, 0.6) is 0 Å². The highest BCUT2D eigenvalue weighted by Crippen LogP contribution is 2.36. The van der Waals surface area contributed by atoms with E-state index in [1.165, 1.54) is 17.1 Å². The number of nitrogens with one attached hydrogen (secondary N) is 1. The Hall–Kier alpha value is -1.50. The molecule has 1 atom stereocenters. The predicted octanol–water partition coefficient (Wildman–Crippen LogP) is 1.97. The molecule has 0 saturated heterocycles. The molecule has 2 aromatic rings. The minimum absolute atomic E-state index is 0.461. The fourth-order valence-electron chi connectivity index (χ4n) is 2.69. The summed E-state index contributed by atoms with van der Waals surface area (Å²) in [7, 11) is 1.67. The van der Waals surface area contributed by atoms with Crippen molar-refractivity contribution in [3.63, 3.8) is 0 Å². The lowest BCUT2D eigenvalue weighted by Gasteiger charge is -2.24. The molecule has 1 unspecified atom stereocenters. The number of anilines is 1. The summed E-state index contributed by atoms with van der Waals surface area (Å²) in [5.41, 5.74) is 1.45. The number of aromatic nitrogens is 2. The Kier molecular flexibility index (Phi) is 4.19. The molecule has 0 fully saturated rings. The summed E-state index contributed by atoms with van der Waals surface area (Å²) in [6, 6.07) is 8.09. The van der Waals surface area contributed by atoms with Crippen molar-refractivity contribution in [2.45, 2.75) is 24.9 Å². The van der Waals surface area contributed by atoms with Crippen molar-refractivity contribution in [2.24, 2.45) is 0 Å². The molecule has 0 bridgehead atoms. The second-order valence-corrected chi connectivity index (χ2v) is 6.05. The maximum Gasteiger partial charge on any atom is 0.202 e. The van der Waals surface area contributed by atoms with E-state index in [-0.39, 0.29) is 0 Å². The van der Waals surface area contributed by atoms with Gasteiger partial charge in [0.25, 0.3) is 0 Å². The van der Waals surface area contributed by atoms with Crippen LogP contribution in [0.25, 0.3) is 0 Å². The molecule has 1 aliphatic carbocycles. The van der Waals surface area contributed by atoms with Crippen LogP contribution in [0.3, 0.4) is 0 Å². The van der Waals surface area contributed by atoms with Gasteiger partial charge in [-0.1, -0.05) is 24.3 Å². The number of ether oxygens (including phenoxy) is 1. The van der Waals surface area contributed by atoms with Crippen LogP contribution < -0.4 is 5.32 Å². The van der Waals surface area contributed by atoms with E-state index >= 15 is 0 Å². The number of hydrogen-bond donors (Lipinski definition) is 2. The number of fused-ring (bicyclic) bond motifs is 1. The molecule has 0 spiro atoms. The van der Waals surface area contributed by atoms with Gasteiger partial charge in [0.05, 0.1) is 13.2 Å². The van der Waals surface area contributed by atoms with E-state index in [4.69, 9.17) is 4.74 Å². The van der Waals surface area contributed by atoms with Crippen LogP contribution >= 0.6 is 11.5 Å². The van der Waals surface area contributed by atoms with Gasteiger partial charge in [-0.05, 0) is 24.0 Å². The molecule has 21 heavy (non-hydrogen) atoms. The summed E-state index contributed by atoms with van der Waals surface area (Å²) in [5.74, 6) is 0.781. The van der Waals surface area contributed by atoms with Crippen LogP contribution in [0.15, 0.2) is 24.3 Å². The standard InChI is InChI=1S/C15H19N3O2S/c1-20-9-7-13-17-14(21-18-13)16-10-15(19)8-6-11-4-2-3-5-12(11)15/h2-5,19H,6-10H2,1H3,(H,16,17,18). The molecular formula is C15H19N3O2S. The monoisotopic (exact) mass is 305 g/mol. The average molecular weight is 305 g/mol.